The Bertz CT molecular complexity index is 370. The lowest BCUT2D eigenvalue weighted by Crippen LogP contribution is -2.49. The molecule has 0 aromatic carbocycles. The van der Waals surface area contributed by atoms with E-state index in [1.165, 1.54) is 5.56 Å². The van der Waals surface area contributed by atoms with Gasteiger partial charge in [0.2, 0.25) is 0 Å². The van der Waals surface area contributed by atoms with Crippen LogP contribution in [-0.4, -0.2) is 46.9 Å². The molecule has 1 saturated heterocycles. The van der Waals surface area contributed by atoms with Crippen LogP contribution in [0.5, 0.6) is 0 Å². The van der Waals surface area contributed by atoms with Crippen molar-refractivity contribution in [3.63, 3.8) is 0 Å². The van der Waals surface area contributed by atoms with Gasteiger partial charge in [-0.2, -0.15) is 0 Å². The van der Waals surface area contributed by atoms with Crippen LogP contribution in [0, 0.1) is 6.92 Å². The van der Waals surface area contributed by atoms with Gasteiger partial charge in [0.25, 0.3) is 0 Å². The highest BCUT2D eigenvalue weighted by molar-refractivity contribution is 5.17. The summed E-state index contributed by atoms with van der Waals surface area (Å²) in [6.45, 7) is 6.59. The van der Waals surface area contributed by atoms with Crippen molar-refractivity contribution in [2.24, 2.45) is 0 Å². The van der Waals surface area contributed by atoms with Crippen LogP contribution in [0.2, 0.25) is 0 Å². The van der Waals surface area contributed by atoms with Crippen LogP contribution in [0.1, 0.15) is 18.2 Å². The summed E-state index contributed by atoms with van der Waals surface area (Å²) < 4.78 is 5.53. The fraction of sp³-hybridized carbons (Fsp3) is 0.615. The maximum Gasteiger partial charge on any atom is 0.0933 e. The first-order chi connectivity index (χ1) is 8.20. The average molecular weight is 236 g/mol. The van der Waals surface area contributed by atoms with E-state index in [-0.39, 0.29) is 12.7 Å². The second-order valence-corrected chi connectivity index (χ2v) is 4.68. The van der Waals surface area contributed by atoms with E-state index in [1.54, 1.807) is 0 Å². The van der Waals surface area contributed by atoms with Crippen molar-refractivity contribution < 1.29 is 9.84 Å². The summed E-state index contributed by atoms with van der Waals surface area (Å²) in [5, 5.41) is 9.15. The Morgan fingerprint density at radius 3 is 3.12 bits per heavy atom. The lowest BCUT2D eigenvalue weighted by atomic mass is 10.1. The Balaban J connectivity index is 2.04. The van der Waals surface area contributed by atoms with Gasteiger partial charge in [-0.25, -0.2) is 0 Å². The van der Waals surface area contributed by atoms with Crippen LogP contribution in [0.15, 0.2) is 18.3 Å². The van der Waals surface area contributed by atoms with Gasteiger partial charge in [0, 0.05) is 25.3 Å². The number of aryl methyl sites for hydroxylation is 1. The number of aliphatic hydroxyl groups excluding tert-OH is 1. The number of hydrogen-bond donors (Lipinski definition) is 1. The SMILES string of the molecule is Cc1cccnc1CN1CC(CO)OCC1C. The number of morpholine rings is 1. The molecule has 4 heteroatoms. The van der Waals surface area contributed by atoms with Crippen molar-refractivity contribution in [1.29, 1.82) is 0 Å². The Kier molecular flexibility index (Phi) is 4.10. The minimum Gasteiger partial charge on any atom is -0.394 e. The van der Waals surface area contributed by atoms with Crippen LogP contribution in [0.25, 0.3) is 0 Å². The summed E-state index contributed by atoms with van der Waals surface area (Å²) in [6, 6.07) is 4.41. The lowest BCUT2D eigenvalue weighted by molar-refractivity contribution is -0.0809. The minimum absolute atomic E-state index is 0.0600. The van der Waals surface area contributed by atoms with E-state index in [1.807, 2.05) is 12.3 Å². The van der Waals surface area contributed by atoms with Gasteiger partial charge in [-0.1, -0.05) is 6.07 Å². The molecular formula is C13H20N2O2. The maximum absolute atomic E-state index is 9.15. The summed E-state index contributed by atoms with van der Waals surface area (Å²) in [4.78, 5) is 6.73. The van der Waals surface area contributed by atoms with E-state index in [4.69, 9.17) is 9.84 Å². The smallest absolute Gasteiger partial charge is 0.0933 e. The van der Waals surface area contributed by atoms with Crippen molar-refractivity contribution >= 4 is 0 Å². The van der Waals surface area contributed by atoms with E-state index < -0.39 is 0 Å². The topological polar surface area (TPSA) is 45.6 Å². The monoisotopic (exact) mass is 236 g/mol. The molecule has 0 amide bonds. The number of rotatable bonds is 3. The quantitative estimate of drug-likeness (QED) is 0.849. The lowest BCUT2D eigenvalue weighted by Gasteiger charge is -2.37. The third-order valence-corrected chi connectivity index (χ3v) is 3.31. The van der Waals surface area contributed by atoms with Crippen molar-refractivity contribution in [2.75, 3.05) is 19.8 Å². The second-order valence-electron chi connectivity index (χ2n) is 4.68. The normalized spacial score (nSPS) is 26.1. The van der Waals surface area contributed by atoms with Crippen molar-refractivity contribution in [2.45, 2.75) is 32.5 Å². The molecule has 2 rings (SSSR count). The standard InChI is InChI=1S/C13H20N2O2/c1-10-4-3-5-14-13(10)7-15-6-12(8-16)17-9-11(15)2/h3-5,11-12,16H,6-9H2,1-2H3. The third-order valence-electron chi connectivity index (χ3n) is 3.31. The third kappa shape index (κ3) is 3.03. The fourth-order valence-corrected chi connectivity index (χ4v) is 2.08. The van der Waals surface area contributed by atoms with Gasteiger partial charge in [0.1, 0.15) is 0 Å². The Labute approximate surface area is 102 Å². The summed E-state index contributed by atoms with van der Waals surface area (Å²) in [5.41, 5.74) is 2.32. The molecule has 4 nitrogen and oxygen atoms in total. The highest BCUT2D eigenvalue weighted by Gasteiger charge is 2.26. The Hall–Kier alpha value is -0.970. The van der Waals surface area contributed by atoms with Gasteiger partial charge < -0.3 is 9.84 Å². The largest absolute Gasteiger partial charge is 0.394 e. The van der Waals surface area contributed by atoms with Gasteiger partial charge in [-0.3, -0.25) is 9.88 Å². The van der Waals surface area contributed by atoms with E-state index in [0.717, 1.165) is 18.8 Å². The van der Waals surface area contributed by atoms with Gasteiger partial charge in [0.15, 0.2) is 0 Å². The molecule has 1 N–H and O–H groups in total. The van der Waals surface area contributed by atoms with E-state index in [0.29, 0.717) is 12.6 Å². The predicted octanol–water partition coefficient (Wildman–Crippen LogP) is 0.972. The van der Waals surface area contributed by atoms with Crippen LogP contribution >= 0.6 is 0 Å². The molecule has 2 heterocycles. The zero-order valence-corrected chi connectivity index (χ0v) is 10.5. The molecule has 0 aliphatic carbocycles. The summed E-state index contributed by atoms with van der Waals surface area (Å²) in [5.74, 6) is 0. The van der Waals surface area contributed by atoms with Crippen molar-refractivity contribution in [3.8, 4) is 0 Å². The molecule has 1 aliphatic rings. The summed E-state index contributed by atoms with van der Waals surface area (Å²) >= 11 is 0. The number of aliphatic hydroxyl groups is 1. The van der Waals surface area contributed by atoms with Crippen LogP contribution in [0.4, 0.5) is 0 Å². The number of pyridine rings is 1. The number of hydrogen-bond acceptors (Lipinski definition) is 4. The van der Waals surface area contributed by atoms with Gasteiger partial charge in [-0.05, 0) is 25.5 Å². The first-order valence-corrected chi connectivity index (χ1v) is 6.07. The molecule has 1 fully saturated rings. The molecule has 1 aromatic rings. The molecule has 0 saturated carbocycles. The molecular weight excluding hydrogens is 216 g/mol. The van der Waals surface area contributed by atoms with E-state index >= 15 is 0 Å². The van der Waals surface area contributed by atoms with E-state index in [9.17, 15) is 0 Å². The molecule has 2 atom stereocenters. The van der Waals surface area contributed by atoms with Gasteiger partial charge in [-0.15, -0.1) is 0 Å². The maximum atomic E-state index is 9.15. The average Bonchev–Trinajstić information content (AvgIpc) is 2.35. The van der Waals surface area contributed by atoms with Gasteiger partial charge >= 0.3 is 0 Å². The molecule has 17 heavy (non-hydrogen) atoms. The molecule has 2 unspecified atom stereocenters. The van der Waals surface area contributed by atoms with Crippen LogP contribution < -0.4 is 0 Å². The Morgan fingerprint density at radius 2 is 2.41 bits per heavy atom. The molecule has 1 aliphatic heterocycles. The fourth-order valence-electron chi connectivity index (χ4n) is 2.08. The zero-order valence-electron chi connectivity index (χ0n) is 10.5. The zero-order chi connectivity index (χ0) is 12.3. The van der Waals surface area contributed by atoms with Crippen molar-refractivity contribution in [1.82, 2.24) is 9.88 Å². The second kappa shape index (κ2) is 5.58. The highest BCUT2D eigenvalue weighted by Crippen LogP contribution is 2.15. The highest BCUT2D eigenvalue weighted by atomic mass is 16.5. The number of ether oxygens (including phenoxy) is 1. The summed E-state index contributed by atoms with van der Waals surface area (Å²) in [7, 11) is 0. The first-order valence-electron chi connectivity index (χ1n) is 6.07. The van der Waals surface area contributed by atoms with Crippen LogP contribution in [0.3, 0.4) is 0 Å². The molecule has 1 aromatic heterocycles. The minimum atomic E-state index is -0.0600. The Morgan fingerprint density at radius 1 is 1.59 bits per heavy atom. The first kappa shape index (κ1) is 12.5. The predicted molar refractivity (Wildman–Crippen MR) is 65.7 cm³/mol. The van der Waals surface area contributed by atoms with Crippen LogP contribution in [-0.2, 0) is 11.3 Å². The molecule has 0 radical (unpaired) electrons. The number of aromatic nitrogens is 1. The molecule has 0 spiro atoms. The molecule has 0 bridgehead atoms. The van der Waals surface area contributed by atoms with E-state index in [2.05, 4.69) is 29.8 Å². The number of nitrogens with zero attached hydrogens (tertiary/aromatic N) is 2. The molecule has 94 valence electrons. The van der Waals surface area contributed by atoms with Gasteiger partial charge in [0.05, 0.1) is 25.0 Å². The van der Waals surface area contributed by atoms with Crippen molar-refractivity contribution in [3.05, 3.63) is 29.6 Å². The summed E-state index contributed by atoms with van der Waals surface area (Å²) in [6.07, 6.45) is 1.77.